The van der Waals surface area contributed by atoms with E-state index < -0.39 is 6.04 Å². The molecule has 5 heteroatoms. The Labute approximate surface area is 195 Å². The van der Waals surface area contributed by atoms with Crippen LogP contribution in [0.4, 0.5) is 4.39 Å². The predicted molar refractivity (Wildman–Crippen MR) is 129 cm³/mol. The maximum Gasteiger partial charge on any atom is 0.243 e. The molecule has 33 heavy (non-hydrogen) atoms. The van der Waals surface area contributed by atoms with Crippen molar-refractivity contribution in [3.63, 3.8) is 0 Å². The molecule has 0 unspecified atom stereocenters. The molecule has 1 atom stereocenters. The van der Waals surface area contributed by atoms with Gasteiger partial charge >= 0.3 is 0 Å². The van der Waals surface area contributed by atoms with Gasteiger partial charge in [0.25, 0.3) is 0 Å². The molecule has 3 aromatic rings. The summed E-state index contributed by atoms with van der Waals surface area (Å²) in [7, 11) is 0. The average molecular weight is 447 g/mol. The summed E-state index contributed by atoms with van der Waals surface area (Å²) in [5.74, 6) is -0.912. The molecule has 0 aliphatic heterocycles. The lowest BCUT2D eigenvalue weighted by Crippen LogP contribution is -2.51. The van der Waals surface area contributed by atoms with Crippen LogP contribution in [-0.2, 0) is 29.0 Å². The molecule has 0 spiro atoms. The Morgan fingerprint density at radius 1 is 0.818 bits per heavy atom. The summed E-state index contributed by atoms with van der Waals surface area (Å²) in [6, 6.07) is 25.0. The predicted octanol–water partition coefficient (Wildman–Crippen LogP) is 4.78. The first-order chi connectivity index (χ1) is 15.9. The largest absolute Gasteiger partial charge is 0.354 e. The molecule has 0 aromatic heterocycles. The molecule has 0 radical (unpaired) electrons. The van der Waals surface area contributed by atoms with Gasteiger partial charge in [0.05, 0.1) is 0 Å². The Morgan fingerprint density at radius 2 is 1.39 bits per heavy atom. The number of nitrogens with zero attached hydrogens (tertiary/aromatic N) is 1. The van der Waals surface area contributed by atoms with Gasteiger partial charge in [-0.05, 0) is 35.2 Å². The fourth-order valence-electron chi connectivity index (χ4n) is 3.73. The zero-order chi connectivity index (χ0) is 23.6. The van der Waals surface area contributed by atoms with Crippen LogP contribution in [-0.4, -0.2) is 29.3 Å². The third kappa shape index (κ3) is 7.28. The van der Waals surface area contributed by atoms with E-state index in [0.29, 0.717) is 19.4 Å². The van der Waals surface area contributed by atoms with Crippen LogP contribution in [0.2, 0.25) is 0 Å². The van der Waals surface area contributed by atoms with Crippen molar-refractivity contribution in [3.8, 4) is 0 Å². The van der Waals surface area contributed by atoms with E-state index in [2.05, 4.69) is 5.32 Å². The van der Waals surface area contributed by atoms with Gasteiger partial charge in [-0.25, -0.2) is 4.39 Å². The third-order valence-electron chi connectivity index (χ3n) is 5.55. The van der Waals surface area contributed by atoms with Crippen LogP contribution in [0.15, 0.2) is 84.9 Å². The molecular weight excluding hydrogens is 415 g/mol. The van der Waals surface area contributed by atoms with Crippen LogP contribution in [0.25, 0.3) is 0 Å². The summed E-state index contributed by atoms with van der Waals surface area (Å²) in [6.45, 7) is 4.37. The second kappa shape index (κ2) is 12.0. The Morgan fingerprint density at radius 3 is 1.97 bits per heavy atom. The minimum atomic E-state index is -0.678. The molecule has 0 heterocycles. The molecule has 0 saturated heterocycles. The number of hydrogen-bond acceptors (Lipinski definition) is 2. The molecule has 172 valence electrons. The number of carbonyl (C=O) groups is 2. The van der Waals surface area contributed by atoms with Gasteiger partial charge in [0.15, 0.2) is 0 Å². The summed E-state index contributed by atoms with van der Waals surface area (Å²) in [5, 5.41) is 3.03. The molecule has 0 fully saturated rings. The first-order valence-corrected chi connectivity index (χ1v) is 11.3. The van der Waals surface area contributed by atoms with E-state index >= 15 is 0 Å². The summed E-state index contributed by atoms with van der Waals surface area (Å²) in [6.07, 6.45) is 1.11. The van der Waals surface area contributed by atoms with Gasteiger partial charge in [-0.2, -0.15) is 0 Å². The quantitative estimate of drug-likeness (QED) is 0.487. The van der Waals surface area contributed by atoms with Crippen LogP contribution in [0.3, 0.4) is 0 Å². The van der Waals surface area contributed by atoms with E-state index in [-0.39, 0.29) is 30.1 Å². The van der Waals surface area contributed by atoms with Crippen molar-refractivity contribution in [2.24, 2.45) is 5.92 Å². The first kappa shape index (κ1) is 24.2. The van der Waals surface area contributed by atoms with Gasteiger partial charge in [0.2, 0.25) is 11.8 Å². The SMILES string of the molecule is CC(C)C(=O)N(Cc1ccc(F)cc1)[C@H](Cc1ccccc1)C(=O)NCCc1ccccc1. The van der Waals surface area contributed by atoms with Crippen molar-refractivity contribution in [1.82, 2.24) is 10.2 Å². The lowest BCUT2D eigenvalue weighted by Gasteiger charge is -2.33. The van der Waals surface area contributed by atoms with Gasteiger partial charge in [0.1, 0.15) is 11.9 Å². The monoisotopic (exact) mass is 446 g/mol. The molecular formula is C28H31FN2O2. The minimum Gasteiger partial charge on any atom is -0.354 e. The normalized spacial score (nSPS) is 11.8. The van der Waals surface area contributed by atoms with Gasteiger partial charge < -0.3 is 10.2 Å². The van der Waals surface area contributed by atoms with Crippen LogP contribution >= 0.6 is 0 Å². The highest BCUT2D eigenvalue weighted by atomic mass is 19.1. The molecule has 2 amide bonds. The van der Waals surface area contributed by atoms with Crippen LogP contribution in [0.1, 0.15) is 30.5 Å². The van der Waals surface area contributed by atoms with Crippen molar-refractivity contribution in [3.05, 3.63) is 107 Å². The second-order valence-electron chi connectivity index (χ2n) is 8.48. The number of nitrogens with one attached hydrogen (secondary N) is 1. The lowest BCUT2D eigenvalue weighted by atomic mass is 10.0. The Kier molecular flexibility index (Phi) is 8.76. The number of rotatable bonds is 10. The van der Waals surface area contributed by atoms with Crippen LogP contribution < -0.4 is 5.32 Å². The van der Waals surface area contributed by atoms with Gasteiger partial charge in [0, 0.05) is 25.4 Å². The van der Waals surface area contributed by atoms with Crippen molar-refractivity contribution in [1.29, 1.82) is 0 Å². The van der Waals surface area contributed by atoms with Crippen LogP contribution in [0, 0.1) is 11.7 Å². The second-order valence-corrected chi connectivity index (χ2v) is 8.48. The highest BCUT2D eigenvalue weighted by molar-refractivity contribution is 5.88. The lowest BCUT2D eigenvalue weighted by molar-refractivity contribution is -0.143. The van der Waals surface area contributed by atoms with Crippen LogP contribution in [0.5, 0.6) is 0 Å². The minimum absolute atomic E-state index is 0.113. The average Bonchev–Trinajstić information content (AvgIpc) is 2.83. The maximum absolute atomic E-state index is 13.4. The molecule has 3 aromatic carbocycles. The van der Waals surface area contributed by atoms with E-state index in [0.717, 1.165) is 16.7 Å². The molecule has 0 saturated carbocycles. The summed E-state index contributed by atoms with van der Waals surface area (Å²) in [4.78, 5) is 28.2. The number of hydrogen-bond donors (Lipinski definition) is 1. The fourth-order valence-corrected chi connectivity index (χ4v) is 3.73. The van der Waals surface area contributed by atoms with Gasteiger partial charge in [-0.15, -0.1) is 0 Å². The van der Waals surface area contributed by atoms with E-state index in [9.17, 15) is 14.0 Å². The zero-order valence-corrected chi connectivity index (χ0v) is 19.2. The Balaban J connectivity index is 1.83. The number of benzene rings is 3. The molecule has 4 nitrogen and oxygen atoms in total. The molecule has 0 aliphatic rings. The molecule has 3 rings (SSSR count). The standard InChI is InChI=1S/C28H31FN2O2/c1-21(2)28(33)31(20-24-13-15-25(29)16-14-24)26(19-23-11-7-4-8-12-23)27(32)30-18-17-22-9-5-3-6-10-22/h3-16,21,26H,17-20H2,1-2H3,(H,30,32)/t26-/m1/s1. The maximum atomic E-state index is 13.4. The number of carbonyl (C=O) groups excluding carboxylic acids is 2. The van der Waals surface area contributed by atoms with Crippen molar-refractivity contribution < 1.29 is 14.0 Å². The topological polar surface area (TPSA) is 49.4 Å². The molecule has 0 bridgehead atoms. The summed E-state index contributed by atoms with van der Waals surface area (Å²) >= 11 is 0. The van der Waals surface area contributed by atoms with E-state index in [4.69, 9.17) is 0 Å². The van der Waals surface area contributed by atoms with Crippen molar-refractivity contribution in [2.75, 3.05) is 6.54 Å². The third-order valence-corrected chi connectivity index (χ3v) is 5.55. The Hall–Kier alpha value is -3.47. The molecule has 0 aliphatic carbocycles. The highest BCUT2D eigenvalue weighted by Gasteiger charge is 2.31. The van der Waals surface area contributed by atoms with Gasteiger partial charge in [-0.1, -0.05) is 86.6 Å². The zero-order valence-electron chi connectivity index (χ0n) is 19.2. The van der Waals surface area contributed by atoms with E-state index in [1.54, 1.807) is 17.0 Å². The first-order valence-electron chi connectivity index (χ1n) is 11.3. The van der Waals surface area contributed by atoms with Gasteiger partial charge in [-0.3, -0.25) is 9.59 Å². The summed E-state index contributed by atoms with van der Waals surface area (Å²) in [5.41, 5.74) is 2.89. The smallest absolute Gasteiger partial charge is 0.243 e. The highest BCUT2D eigenvalue weighted by Crippen LogP contribution is 2.17. The summed E-state index contributed by atoms with van der Waals surface area (Å²) < 4.78 is 13.4. The number of amides is 2. The fraction of sp³-hybridized carbons (Fsp3) is 0.286. The van der Waals surface area contributed by atoms with E-state index in [1.807, 2.05) is 74.5 Å². The van der Waals surface area contributed by atoms with E-state index in [1.165, 1.54) is 12.1 Å². The van der Waals surface area contributed by atoms with Crippen molar-refractivity contribution >= 4 is 11.8 Å². The molecule has 1 N–H and O–H groups in total. The Bertz CT molecular complexity index is 1020. The van der Waals surface area contributed by atoms with Crippen molar-refractivity contribution in [2.45, 2.75) is 39.3 Å². The number of halogens is 1.